The lowest BCUT2D eigenvalue weighted by molar-refractivity contribution is -0.137. The number of benzene rings is 2. The highest BCUT2D eigenvalue weighted by atomic mass is 32.1. The number of aromatic nitrogens is 2. The minimum atomic E-state index is -4.43. The lowest BCUT2D eigenvalue weighted by Gasteiger charge is -2.13. The smallest absolute Gasteiger partial charge is 0.334 e. The van der Waals surface area contributed by atoms with E-state index in [1.807, 2.05) is 24.3 Å². The first-order chi connectivity index (χ1) is 13.8. The Hall–Kier alpha value is -2.78. The van der Waals surface area contributed by atoms with Crippen LogP contribution in [0.15, 0.2) is 53.9 Å². The third kappa shape index (κ3) is 4.15. The Morgan fingerprint density at radius 2 is 1.90 bits per heavy atom. The van der Waals surface area contributed by atoms with E-state index in [2.05, 4.69) is 9.97 Å². The number of hydrogen-bond acceptors (Lipinski definition) is 5. The molecule has 0 saturated heterocycles. The molecule has 4 nitrogen and oxygen atoms in total. The number of carbonyl (C=O) groups excluding carboxylic acids is 1. The van der Waals surface area contributed by atoms with Crippen LogP contribution in [0.5, 0.6) is 0 Å². The second-order valence-corrected chi connectivity index (χ2v) is 8.33. The van der Waals surface area contributed by atoms with Gasteiger partial charge in [0.1, 0.15) is 15.7 Å². The molecule has 0 N–H and O–H groups in total. The minimum absolute atomic E-state index is 0.200. The maximum absolute atomic E-state index is 12.9. The highest BCUT2D eigenvalue weighted by Gasteiger charge is 2.30. The Morgan fingerprint density at radius 1 is 1.10 bits per heavy atom. The predicted octanol–water partition coefficient (Wildman–Crippen LogP) is 5.71. The van der Waals surface area contributed by atoms with Crippen molar-refractivity contribution in [3.05, 3.63) is 70.2 Å². The van der Waals surface area contributed by atoms with Crippen molar-refractivity contribution in [3.63, 3.8) is 0 Å². The molecule has 0 radical (unpaired) electrons. The van der Waals surface area contributed by atoms with Crippen LogP contribution in [0.2, 0.25) is 0 Å². The van der Waals surface area contributed by atoms with E-state index in [4.69, 9.17) is 0 Å². The van der Waals surface area contributed by atoms with Gasteiger partial charge in [0.2, 0.25) is 0 Å². The van der Waals surface area contributed by atoms with Gasteiger partial charge in [0, 0.05) is 18.0 Å². The summed E-state index contributed by atoms with van der Waals surface area (Å²) in [6.07, 6.45) is -4.43. The minimum Gasteiger partial charge on any atom is -0.334 e. The van der Waals surface area contributed by atoms with Gasteiger partial charge < -0.3 is 4.90 Å². The molecule has 0 atom stereocenters. The highest BCUT2D eigenvalue weighted by molar-refractivity contribution is 7.18. The van der Waals surface area contributed by atoms with Crippen LogP contribution in [-0.4, -0.2) is 27.8 Å². The standard InChI is InChI=1S/C20H14F3N3OS2/c1-26(10-17-24-14-7-2-3-8-16(14)29-17)19(27)15-11-28-18(25-15)12-5-4-6-13(9-12)20(21,22)23/h2-9,11H,10H2,1H3. The Bertz CT molecular complexity index is 1150. The third-order valence-corrected chi connectivity index (χ3v) is 6.13. The highest BCUT2D eigenvalue weighted by Crippen LogP contribution is 2.33. The summed E-state index contributed by atoms with van der Waals surface area (Å²) in [5.41, 5.74) is 0.670. The number of halogens is 3. The molecule has 148 valence electrons. The number of para-hydroxylation sites is 1. The van der Waals surface area contributed by atoms with Crippen LogP contribution < -0.4 is 0 Å². The largest absolute Gasteiger partial charge is 0.416 e. The van der Waals surface area contributed by atoms with E-state index >= 15 is 0 Å². The number of fused-ring (bicyclic) bond motifs is 1. The average Bonchev–Trinajstić information content (AvgIpc) is 3.33. The first-order valence-corrected chi connectivity index (χ1v) is 10.2. The quantitative estimate of drug-likeness (QED) is 0.414. The fraction of sp³-hybridized carbons (Fsp3) is 0.150. The molecule has 0 fully saturated rings. The van der Waals surface area contributed by atoms with Crippen LogP contribution in [0.3, 0.4) is 0 Å². The summed E-state index contributed by atoms with van der Waals surface area (Å²) in [5, 5.41) is 2.73. The zero-order chi connectivity index (χ0) is 20.6. The topological polar surface area (TPSA) is 46.1 Å². The number of alkyl halides is 3. The summed E-state index contributed by atoms with van der Waals surface area (Å²) >= 11 is 2.65. The van der Waals surface area contributed by atoms with Crippen molar-refractivity contribution in [2.24, 2.45) is 0 Å². The Balaban J connectivity index is 1.52. The van der Waals surface area contributed by atoms with Gasteiger partial charge in [-0.15, -0.1) is 22.7 Å². The van der Waals surface area contributed by atoms with E-state index in [1.54, 1.807) is 18.5 Å². The molecule has 0 aliphatic carbocycles. The van der Waals surface area contributed by atoms with Gasteiger partial charge in [-0.05, 0) is 24.3 Å². The number of rotatable bonds is 4. The van der Waals surface area contributed by atoms with Crippen LogP contribution >= 0.6 is 22.7 Å². The number of amides is 1. The maximum Gasteiger partial charge on any atom is 0.416 e. The summed E-state index contributed by atoms with van der Waals surface area (Å²) in [5.74, 6) is -0.307. The van der Waals surface area contributed by atoms with Crippen molar-refractivity contribution < 1.29 is 18.0 Å². The second kappa shape index (κ2) is 7.57. The van der Waals surface area contributed by atoms with Crippen molar-refractivity contribution in [2.45, 2.75) is 12.7 Å². The van der Waals surface area contributed by atoms with Gasteiger partial charge >= 0.3 is 6.18 Å². The summed E-state index contributed by atoms with van der Waals surface area (Å²) in [7, 11) is 1.65. The molecule has 0 aliphatic rings. The SMILES string of the molecule is CN(Cc1nc2ccccc2s1)C(=O)c1csc(-c2cccc(C(F)(F)F)c2)n1. The molecule has 29 heavy (non-hydrogen) atoms. The molecular formula is C20H14F3N3OS2. The van der Waals surface area contributed by atoms with E-state index in [0.29, 0.717) is 17.1 Å². The van der Waals surface area contributed by atoms with E-state index in [9.17, 15) is 18.0 Å². The monoisotopic (exact) mass is 433 g/mol. The number of nitrogens with zero attached hydrogens (tertiary/aromatic N) is 3. The summed E-state index contributed by atoms with van der Waals surface area (Å²) in [6.45, 7) is 0.328. The Labute approximate surface area is 172 Å². The number of hydrogen-bond donors (Lipinski definition) is 0. The Morgan fingerprint density at radius 3 is 2.66 bits per heavy atom. The Kier molecular flexibility index (Phi) is 5.10. The molecule has 0 saturated carbocycles. The van der Waals surface area contributed by atoms with Crippen molar-refractivity contribution in [1.82, 2.24) is 14.9 Å². The van der Waals surface area contributed by atoms with Gasteiger partial charge in [-0.1, -0.05) is 24.3 Å². The normalized spacial score (nSPS) is 11.7. The van der Waals surface area contributed by atoms with Gasteiger partial charge in [0.25, 0.3) is 5.91 Å². The molecule has 0 bridgehead atoms. The fourth-order valence-corrected chi connectivity index (χ4v) is 4.60. The summed E-state index contributed by atoms with van der Waals surface area (Å²) < 4.78 is 39.8. The zero-order valence-electron chi connectivity index (χ0n) is 15.1. The van der Waals surface area contributed by atoms with Crippen LogP contribution in [0.1, 0.15) is 21.1 Å². The van der Waals surface area contributed by atoms with Gasteiger partial charge in [-0.3, -0.25) is 4.79 Å². The van der Waals surface area contributed by atoms with Crippen LogP contribution in [0, 0.1) is 0 Å². The summed E-state index contributed by atoms with van der Waals surface area (Å²) in [6, 6.07) is 12.7. The molecule has 0 aliphatic heterocycles. The molecule has 4 aromatic rings. The summed E-state index contributed by atoms with van der Waals surface area (Å²) in [4.78, 5) is 23.0. The molecule has 1 amide bonds. The lowest BCUT2D eigenvalue weighted by Crippen LogP contribution is -2.26. The predicted molar refractivity (Wildman–Crippen MR) is 108 cm³/mol. The van der Waals surface area contributed by atoms with E-state index in [1.165, 1.54) is 22.3 Å². The van der Waals surface area contributed by atoms with E-state index < -0.39 is 11.7 Å². The van der Waals surface area contributed by atoms with Gasteiger partial charge in [-0.25, -0.2) is 9.97 Å². The maximum atomic E-state index is 12.9. The van der Waals surface area contributed by atoms with Gasteiger partial charge in [0.05, 0.1) is 22.3 Å². The molecule has 4 rings (SSSR count). The third-order valence-electron chi connectivity index (χ3n) is 4.22. The van der Waals surface area contributed by atoms with E-state index in [0.717, 1.165) is 38.7 Å². The molecule has 9 heteroatoms. The fourth-order valence-electron chi connectivity index (χ4n) is 2.79. The average molecular weight is 433 g/mol. The van der Waals surface area contributed by atoms with E-state index in [-0.39, 0.29) is 11.6 Å². The lowest BCUT2D eigenvalue weighted by atomic mass is 10.1. The van der Waals surface area contributed by atoms with Crippen LogP contribution in [-0.2, 0) is 12.7 Å². The molecule has 2 aromatic carbocycles. The van der Waals surface area contributed by atoms with Gasteiger partial charge in [0.15, 0.2) is 0 Å². The molecule has 2 aromatic heterocycles. The first kappa shape index (κ1) is 19.5. The molecular weight excluding hydrogens is 419 g/mol. The van der Waals surface area contributed by atoms with Crippen LogP contribution in [0.25, 0.3) is 20.8 Å². The van der Waals surface area contributed by atoms with Gasteiger partial charge in [-0.2, -0.15) is 13.2 Å². The number of thiazole rings is 2. The van der Waals surface area contributed by atoms with Crippen molar-refractivity contribution in [3.8, 4) is 10.6 Å². The molecule has 0 spiro atoms. The first-order valence-electron chi connectivity index (χ1n) is 8.54. The molecule has 0 unspecified atom stereocenters. The van der Waals surface area contributed by atoms with Crippen molar-refractivity contribution in [1.29, 1.82) is 0 Å². The van der Waals surface area contributed by atoms with Crippen LogP contribution in [0.4, 0.5) is 13.2 Å². The van der Waals surface area contributed by atoms with Crippen molar-refractivity contribution in [2.75, 3.05) is 7.05 Å². The van der Waals surface area contributed by atoms with Crippen molar-refractivity contribution >= 4 is 38.8 Å². The zero-order valence-corrected chi connectivity index (χ0v) is 16.7. The second-order valence-electron chi connectivity index (χ2n) is 6.35. The molecule has 2 heterocycles. The number of carbonyl (C=O) groups is 1.